The normalized spacial score (nSPS) is 16.5. The predicted molar refractivity (Wildman–Crippen MR) is 106 cm³/mol. The molecule has 0 radical (unpaired) electrons. The lowest BCUT2D eigenvalue weighted by Crippen LogP contribution is -2.51. The number of thiophene rings is 1. The summed E-state index contributed by atoms with van der Waals surface area (Å²) < 4.78 is 0. The molecule has 8 heteroatoms. The summed E-state index contributed by atoms with van der Waals surface area (Å²) in [5.74, 6) is 0.0342. The van der Waals surface area contributed by atoms with E-state index in [0.29, 0.717) is 38.4 Å². The molecule has 0 aromatic carbocycles. The van der Waals surface area contributed by atoms with Gasteiger partial charge in [-0.15, -0.1) is 22.7 Å². The van der Waals surface area contributed by atoms with Crippen LogP contribution in [0.2, 0.25) is 0 Å². The van der Waals surface area contributed by atoms with Crippen LogP contribution in [0.4, 0.5) is 0 Å². The molecule has 3 rings (SSSR count). The Kier molecular flexibility index (Phi) is 6.39. The minimum Gasteiger partial charge on any atom is -0.353 e. The molecule has 2 aromatic rings. The van der Waals surface area contributed by atoms with Crippen LogP contribution in [0, 0.1) is 0 Å². The molecule has 2 aromatic heterocycles. The standard InChI is InChI=1S/C18H24N4O2S2/c1-3-13(2)19-16(23)11-21-6-8-22(9-7-21)18(24)14-12-26-17(20-14)15-5-4-10-25-15/h4-5,10,12-13H,3,6-9,11H2,1-2H3,(H,19,23). The number of nitrogens with zero attached hydrogens (tertiary/aromatic N) is 3. The smallest absolute Gasteiger partial charge is 0.273 e. The fourth-order valence-electron chi connectivity index (χ4n) is 2.78. The zero-order valence-corrected chi connectivity index (χ0v) is 16.7. The minimum atomic E-state index is -0.0206. The van der Waals surface area contributed by atoms with Crippen LogP contribution in [0.15, 0.2) is 22.9 Å². The highest BCUT2D eigenvalue weighted by atomic mass is 32.1. The fourth-order valence-corrected chi connectivity index (χ4v) is 4.39. The average molecular weight is 393 g/mol. The Labute approximate surface area is 161 Å². The van der Waals surface area contributed by atoms with Gasteiger partial charge in [0.15, 0.2) is 0 Å². The summed E-state index contributed by atoms with van der Waals surface area (Å²) >= 11 is 3.13. The summed E-state index contributed by atoms with van der Waals surface area (Å²) in [5.41, 5.74) is 0.515. The van der Waals surface area contributed by atoms with Crippen LogP contribution in [0.1, 0.15) is 30.8 Å². The maximum absolute atomic E-state index is 12.7. The Hall–Kier alpha value is -1.77. The number of hydrogen-bond donors (Lipinski definition) is 1. The molecule has 6 nitrogen and oxygen atoms in total. The van der Waals surface area contributed by atoms with E-state index in [1.807, 2.05) is 34.7 Å². The second-order valence-corrected chi connectivity index (χ2v) is 8.27. The van der Waals surface area contributed by atoms with Crippen LogP contribution in [0.5, 0.6) is 0 Å². The highest BCUT2D eigenvalue weighted by Crippen LogP contribution is 2.28. The molecule has 1 saturated heterocycles. The van der Waals surface area contributed by atoms with Gasteiger partial charge in [-0.3, -0.25) is 14.5 Å². The van der Waals surface area contributed by atoms with Crippen molar-refractivity contribution in [3.8, 4) is 9.88 Å². The van der Waals surface area contributed by atoms with Crippen LogP contribution < -0.4 is 5.32 Å². The Bertz CT molecular complexity index is 736. The summed E-state index contributed by atoms with van der Waals surface area (Å²) in [5, 5.41) is 7.72. The molecule has 1 aliphatic heterocycles. The van der Waals surface area contributed by atoms with Crippen molar-refractivity contribution < 1.29 is 9.59 Å². The number of thiazole rings is 1. The Morgan fingerprint density at radius 3 is 2.69 bits per heavy atom. The van der Waals surface area contributed by atoms with Gasteiger partial charge in [-0.25, -0.2) is 4.98 Å². The Morgan fingerprint density at radius 2 is 2.04 bits per heavy atom. The molecule has 1 aliphatic rings. The number of aromatic nitrogens is 1. The summed E-state index contributed by atoms with van der Waals surface area (Å²) in [7, 11) is 0. The zero-order chi connectivity index (χ0) is 18.5. The molecular formula is C18H24N4O2S2. The van der Waals surface area contributed by atoms with E-state index in [4.69, 9.17) is 0 Å². The number of amides is 2. The molecule has 1 fully saturated rings. The van der Waals surface area contributed by atoms with E-state index >= 15 is 0 Å². The van der Waals surface area contributed by atoms with E-state index in [-0.39, 0.29) is 17.9 Å². The van der Waals surface area contributed by atoms with Crippen molar-refractivity contribution >= 4 is 34.5 Å². The molecule has 1 unspecified atom stereocenters. The minimum absolute atomic E-state index is 0.0206. The van der Waals surface area contributed by atoms with E-state index in [1.54, 1.807) is 11.3 Å². The quantitative estimate of drug-likeness (QED) is 0.820. The maximum atomic E-state index is 12.7. The van der Waals surface area contributed by atoms with Crippen molar-refractivity contribution in [1.82, 2.24) is 20.1 Å². The molecule has 1 N–H and O–H groups in total. The van der Waals surface area contributed by atoms with Crippen LogP contribution in [-0.2, 0) is 4.79 Å². The van der Waals surface area contributed by atoms with E-state index < -0.39 is 0 Å². The van der Waals surface area contributed by atoms with Gasteiger partial charge in [0, 0.05) is 37.6 Å². The van der Waals surface area contributed by atoms with Crippen molar-refractivity contribution in [2.45, 2.75) is 26.3 Å². The lowest BCUT2D eigenvalue weighted by molar-refractivity contribution is -0.123. The molecular weight excluding hydrogens is 368 g/mol. The van der Waals surface area contributed by atoms with E-state index in [2.05, 4.69) is 22.1 Å². The molecule has 3 heterocycles. The SMILES string of the molecule is CCC(C)NC(=O)CN1CCN(C(=O)c2csc(-c3cccs3)n2)CC1. The summed E-state index contributed by atoms with van der Waals surface area (Å²) in [6, 6.07) is 4.20. The molecule has 0 bridgehead atoms. The van der Waals surface area contributed by atoms with Crippen molar-refractivity contribution in [2.24, 2.45) is 0 Å². The third kappa shape index (κ3) is 4.69. The van der Waals surface area contributed by atoms with Crippen molar-refractivity contribution in [1.29, 1.82) is 0 Å². The lowest BCUT2D eigenvalue weighted by atomic mass is 10.2. The first-order valence-electron chi connectivity index (χ1n) is 8.87. The number of hydrogen-bond acceptors (Lipinski definition) is 6. The molecule has 2 amide bonds. The lowest BCUT2D eigenvalue weighted by Gasteiger charge is -2.34. The summed E-state index contributed by atoms with van der Waals surface area (Å²) in [6.07, 6.45) is 0.926. The van der Waals surface area contributed by atoms with Crippen LogP contribution in [0.3, 0.4) is 0 Å². The van der Waals surface area contributed by atoms with Crippen LogP contribution in [-0.4, -0.2) is 65.4 Å². The first kappa shape index (κ1) is 19.0. The van der Waals surface area contributed by atoms with Gasteiger partial charge in [0.2, 0.25) is 5.91 Å². The molecule has 140 valence electrons. The molecule has 26 heavy (non-hydrogen) atoms. The average Bonchev–Trinajstić information content (AvgIpc) is 3.33. The summed E-state index contributed by atoms with van der Waals surface area (Å²) in [6.45, 7) is 7.13. The number of carbonyl (C=O) groups is 2. The number of rotatable bonds is 6. The van der Waals surface area contributed by atoms with Crippen LogP contribution >= 0.6 is 22.7 Å². The van der Waals surface area contributed by atoms with Gasteiger partial charge < -0.3 is 10.2 Å². The Morgan fingerprint density at radius 1 is 1.27 bits per heavy atom. The van der Waals surface area contributed by atoms with E-state index in [1.165, 1.54) is 11.3 Å². The topological polar surface area (TPSA) is 65.5 Å². The summed E-state index contributed by atoms with van der Waals surface area (Å²) in [4.78, 5) is 34.2. The van der Waals surface area contributed by atoms with Crippen molar-refractivity contribution in [2.75, 3.05) is 32.7 Å². The zero-order valence-electron chi connectivity index (χ0n) is 15.1. The van der Waals surface area contributed by atoms with Gasteiger partial charge in [0.05, 0.1) is 11.4 Å². The second-order valence-electron chi connectivity index (χ2n) is 6.46. The fraction of sp³-hybridized carbons (Fsp3) is 0.500. The van der Waals surface area contributed by atoms with E-state index in [9.17, 15) is 9.59 Å². The first-order chi connectivity index (χ1) is 12.6. The van der Waals surface area contributed by atoms with Gasteiger partial charge in [0.25, 0.3) is 5.91 Å². The van der Waals surface area contributed by atoms with E-state index in [0.717, 1.165) is 16.3 Å². The maximum Gasteiger partial charge on any atom is 0.273 e. The van der Waals surface area contributed by atoms with Crippen molar-refractivity contribution in [3.63, 3.8) is 0 Å². The van der Waals surface area contributed by atoms with Gasteiger partial charge >= 0.3 is 0 Å². The molecule has 0 aliphatic carbocycles. The predicted octanol–water partition coefficient (Wildman–Crippen LogP) is 2.54. The second kappa shape index (κ2) is 8.75. The van der Waals surface area contributed by atoms with Crippen molar-refractivity contribution in [3.05, 3.63) is 28.6 Å². The van der Waals surface area contributed by atoms with Crippen LogP contribution in [0.25, 0.3) is 9.88 Å². The van der Waals surface area contributed by atoms with Gasteiger partial charge in [-0.2, -0.15) is 0 Å². The third-order valence-corrected chi connectivity index (χ3v) is 6.38. The molecule has 0 spiro atoms. The monoisotopic (exact) mass is 392 g/mol. The Balaban J connectivity index is 1.50. The van der Waals surface area contributed by atoms with Gasteiger partial charge in [-0.1, -0.05) is 13.0 Å². The largest absolute Gasteiger partial charge is 0.353 e. The molecule has 1 atom stereocenters. The number of carbonyl (C=O) groups excluding carboxylic acids is 2. The third-order valence-electron chi connectivity index (χ3n) is 4.50. The number of nitrogens with one attached hydrogen (secondary N) is 1. The first-order valence-corrected chi connectivity index (χ1v) is 10.6. The number of piperazine rings is 1. The molecule has 0 saturated carbocycles. The van der Waals surface area contributed by atoms with Gasteiger partial charge in [0.1, 0.15) is 10.7 Å². The highest BCUT2D eigenvalue weighted by molar-refractivity contribution is 7.20. The highest BCUT2D eigenvalue weighted by Gasteiger charge is 2.25. The van der Waals surface area contributed by atoms with Gasteiger partial charge in [-0.05, 0) is 24.8 Å².